The summed E-state index contributed by atoms with van der Waals surface area (Å²) in [6.45, 7) is 0.198. The molecule has 1 aromatic rings. The number of thiocarbonyl (C=S) groups is 1. The molecule has 126 valence electrons. The van der Waals surface area contributed by atoms with E-state index in [0.717, 1.165) is 17.8 Å². The fraction of sp³-hybridized carbons (Fsp3) is 0.214. The van der Waals surface area contributed by atoms with Crippen molar-refractivity contribution in [3.8, 4) is 5.75 Å². The Morgan fingerprint density at radius 2 is 2.17 bits per heavy atom. The Hall–Kier alpha value is -2.46. The molecular weight excluding hydrogens is 356 g/mol. The standard InChI is InChI=1S/C14H12N2O6S2/c17-10-4-3-8(6-9(10)16(21)22)7-11-13(20)15(14(23)24-11)5-1-2-12(18)19/h3-4,6-7,17H,1-2,5H2,(H,18,19). The van der Waals surface area contributed by atoms with Gasteiger partial charge in [-0.2, -0.15) is 0 Å². The van der Waals surface area contributed by atoms with Gasteiger partial charge in [0, 0.05) is 19.0 Å². The molecular formula is C14H12N2O6S2. The molecule has 8 nitrogen and oxygen atoms in total. The number of aromatic hydroxyl groups is 1. The highest BCUT2D eigenvalue weighted by Crippen LogP contribution is 2.34. The maximum absolute atomic E-state index is 12.3. The van der Waals surface area contributed by atoms with Crippen LogP contribution in [0.3, 0.4) is 0 Å². The van der Waals surface area contributed by atoms with E-state index in [1.807, 2.05) is 0 Å². The zero-order chi connectivity index (χ0) is 17.9. The van der Waals surface area contributed by atoms with Crippen LogP contribution < -0.4 is 0 Å². The molecule has 24 heavy (non-hydrogen) atoms. The number of carbonyl (C=O) groups is 2. The summed E-state index contributed by atoms with van der Waals surface area (Å²) < 4.78 is 0.310. The number of hydrogen-bond donors (Lipinski definition) is 2. The van der Waals surface area contributed by atoms with Gasteiger partial charge in [-0.3, -0.25) is 24.6 Å². The minimum atomic E-state index is -0.951. The summed E-state index contributed by atoms with van der Waals surface area (Å²) in [7, 11) is 0. The number of phenolic OH excluding ortho intramolecular Hbond substituents is 1. The van der Waals surface area contributed by atoms with Crippen molar-refractivity contribution in [3.05, 3.63) is 38.8 Å². The SMILES string of the molecule is O=C(O)CCCN1C(=O)C(=Cc2ccc(O)c([N+](=O)[O-])c2)SC1=S. The van der Waals surface area contributed by atoms with Gasteiger partial charge in [-0.25, -0.2) is 0 Å². The highest BCUT2D eigenvalue weighted by atomic mass is 32.2. The van der Waals surface area contributed by atoms with Crippen LogP contribution in [0.4, 0.5) is 5.69 Å². The first-order valence-electron chi connectivity index (χ1n) is 6.74. The average molecular weight is 368 g/mol. The van der Waals surface area contributed by atoms with Crippen molar-refractivity contribution < 1.29 is 24.7 Å². The fourth-order valence-corrected chi connectivity index (χ4v) is 3.32. The van der Waals surface area contributed by atoms with Gasteiger partial charge in [0.05, 0.1) is 9.83 Å². The number of carbonyl (C=O) groups excluding carboxylic acids is 1. The van der Waals surface area contributed by atoms with Gasteiger partial charge in [0.25, 0.3) is 5.91 Å². The predicted octanol–water partition coefficient (Wildman–Crippen LogP) is 2.37. The third kappa shape index (κ3) is 4.09. The lowest BCUT2D eigenvalue weighted by atomic mass is 10.1. The van der Waals surface area contributed by atoms with Crippen LogP contribution in [-0.2, 0) is 9.59 Å². The van der Waals surface area contributed by atoms with E-state index in [4.69, 9.17) is 17.3 Å². The fourth-order valence-electron chi connectivity index (χ4n) is 2.01. The van der Waals surface area contributed by atoms with E-state index in [1.54, 1.807) is 0 Å². The largest absolute Gasteiger partial charge is 0.502 e. The van der Waals surface area contributed by atoms with Crippen molar-refractivity contribution >= 4 is 51.9 Å². The molecule has 2 N–H and O–H groups in total. The number of nitro groups is 1. The summed E-state index contributed by atoms with van der Waals surface area (Å²) in [6, 6.07) is 3.78. The van der Waals surface area contributed by atoms with Crippen molar-refractivity contribution in [2.45, 2.75) is 12.8 Å². The molecule has 1 aliphatic heterocycles. The molecule has 1 saturated heterocycles. The zero-order valence-electron chi connectivity index (χ0n) is 12.2. The average Bonchev–Trinajstić information content (AvgIpc) is 2.76. The molecule has 0 aliphatic carbocycles. The molecule has 0 radical (unpaired) electrons. The van der Waals surface area contributed by atoms with Crippen molar-refractivity contribution in [1.82, 2.24) is 4.90 Å². The van der Waals surface area contributed by atoms with Crippen LogP contribution in [0.5, 0.6) is 5.75 Å². The summed E-state index contributed by atoms with van der Waals surface area (Å²) in [4.78, 5) is 34.5. The number of phenols is 1. The van der Waals surface area contributed by atoms with Gasteiger partial charge in [-0.05, 0) is 24.1 Å². The van der Waals surface area contributed by atoms with Gasteiger partial charge in [0.1, 0.15) is 4.32 Å². The lowest BCUT2D eigenvalue weighted by Gasteiger charge is -2.13. The van der Waals surface area contributed by atoms with Crippen LogP contribution in [0.2, 0.25) is 0 Å². The highest BCUT2D eigenvalue weighted by Gasteiger charge is 2.31. The Morgan fingerprint density at radius 3 is 2.79 bits per heavy atom. The third-order valence-electron chi connectivity index (χ3n) is 3.14. The number of nitrogens with zero attached hydrogens (tertiary/aromatic N) is 2. The topological polar surface area (TPSA) is 121 Å². The van der Waals surface area contributed by atoms with Crippen molar-refractivity contribution in [3.63, 3.8) is 0 Å². The molecule has 0 bridgehead atoms. The summed E-state index contributed by atoms with van der Waals surface area (Å²) in [5, 5.41) is 28.9. The molecule has 0 unspecified atom stereocenters. The van der Waals surface area contributed by atoms with Crippen molar-refractivity contribution in [1.29, 1.82) is 0 Å². The Bertz CT molecular complexity index is 762. The van der Waals surface area contributed by atoms with E-state index >= 15 is 0 Å². The molecule has 2 rings (SSSR count). The number of aliphatic carboxylic acids is 1. The Morgan fingerprint density at radius 1 is 1.46 bits per heavy atom. The summed E-state index contributed by atoms with van der Waals surface area (Å²) in [5.41, 5.74) is -0.0776. The number of carboxylic acids is 1. The maximum Gasteiger partial charge on any atom is 0.311 e. The molecule has 0 aromatic heterocycles. The first-order valence-corrected chi connectivity index (χ1v) is 7.96. The normalized spacial score (nSPS) is 16.0. The van der Waals surface area contributed by atoms with Crippen LogP contribution in [0, 0.1) is 10.1 Å². The van der Waals surface area contributed by atoms with Crippen LogP contribution in [-0.4, -0.2) is 42.8 Å². The first-order chi connectivity index (χ1) is 11.3. The molecule has 10 heteroatoms. The lowest BCUT2D eigenvalue weighted by molar-refractivity contribution is -0.385. The second-order valence-electron chi connectivity index (χ2n) is 4.84. The molecule has 1 amide bonds. The van der Waals surface area contributed by atoms with Crippen molar-refractivity contribution in [2.75, 3.05) is 6.54 Å². The molecule has 1 aliphatic rings. The number of nitro benzene ring substituents is 1. The van der Waals surface area contributed by atoms with E-state index in [9.17, 15) is 24.8 Å². The van der Waals surface area contributed by atoms with Gasteiger partial charge in [-0.1, -0.05) is 30.0 Å². The smallest absolute Gasteiger partial charge is 0.311 e. The van der Waals surface area contributed by atoms with Gasteiger partial charge in [0.15, 0.2) is 5.75 Å². The van der Waals surface area contributed by atoms with Gasteiger partial charge in [-0.15, -0.1) is 0 Å². The molecule has 0 spiro atoms. The van der Waals surface area contributed by atoms with Crippen LogP contribution in [0.1, 0.15) is 18.4 Å². The number of hydrogen-bond acceptors (Lipinski definition) is 7. The number of benzene rings is 1. The number of thioether (sulfide) groups is 1. The van der Waals surface area contributed by atoms with E-state index < -0.39 is 22.3 Å². The van der Waals surface area contributed by atoms with Crippen LogP contribution in [0.25, 0.3) is 6.08 Å². The molecule has 1 heterocycles. The van der Waals surface area contributed by atoms with Crippen LogP contribution in [0.15, 0.2) is 23.1 Å². The highest BCUT2D eigenvalue weighted by molar-refractivity contribution is 8.26. The van der Waals surface area contributed by atoms with E-state index in [1.165, 1.54) is 23.1 Å². The van der Waals surface area contributed by atoms with Gasteiger partial charge < -0.3 is 10.2 Å². The summed E-state index contributed by atoms with van der Waals surface area (Å²) in [6.07, 6.45) is 1.66. The summed E-state index contributed by atoms with van der Waals surface area (Å²) in [5.74, 6) is -1.78. The monoisotopic (exact) mass is 368 g/mol. The second-order valence-corrected chi connectivity index (χ2v) is 6.51. The predicted molar refractivity (Wildman–Crippen MR) is 91.5 cm³/mol. The van der Waals surface area contributed by atoms with E-state index in [-0.39, 0.29) is 30.2 Å². The number of amides is 1. The van der Waals surface area contributed by atoms with Crippen molar-refractivity contribution in [2.24, 2.45) is 0 Å². The van der Waals surface area contributed by atoms with Gasteiger partial charge in [0.2, 0.25) is 0 Å². The molecule has 0 saturated carbocycles. The maximum atomic E-state index is 12.3. The van der Waals surface area contributed by atoms with Crippen LogP contribution >= 0.6 is 24.0 Å². The Labute approximate surface area is 145 Å². The second kappa shape index (κ2) is 7.41. The van der Waals surface area contributed by atoms with E-state index in [0.29, 0.717) is 9.88 Å². The van der Waals surface area contributed by atoms with Gasteiger partial charge >= 0.3 is 11.7 Å². The first kappa shape index (κ1) is 17.9. The molecule has 1 aromatic carbocycles. The molecule has 1 fully saturated rings. The number of rotatable bonds is 6. The third-order valence-corrected chi connectivity index (χ3v) is 4.52. The minimum Gasteiger partial charge on any atom is -0.502 e. The quantitative estimate of drug-likeness (QED) is 0.340. The van der Waals surface area contributed by atoms with E-state index in [2.05, 4.69) is 0 Å². The number of carboxylic acid groups (broad SMARTS) is 1. The lowest BCUT2D eigenvalue weighted by Crippen LogP contribution is -2.29. The Kier molecular flexibility index (Phi) is 5.52. The minimum absolute atomic E-state index is 0.0692. The Balaban J connectivity index is 2.18. The molecule has 0 atom stereocenters. The zero-order valence-corrected chi connectivity index (χ0v) is 13.8. The summed E-state index contributed by atoms with van der Waals surface area (Å²) >= 11 is 6.15.